The van der Waals surface area contributed by atoms with Gasteiger partial charge in [0, 0.05) is 29.2 Å². The van der Waals surface area contributed by atoms with Crippen molar-refractivity contribution in [2.24, 2.45) is 0 Å². The van der Waals surface area contributed by atoms with Crippen LogP contribution in [0, 0.1) is 6.92 Å². The number of anilines is 1. The van der Waals surface area contributed by atoms with Gasteiger partial charge < -0.3 is 5.73 Å². The highest BCUT2D eigenvalue weighted by molar-refractivity contribution is 6.12. The van der Waals surface area contributed by atoms with Crippen LogP contribution in [0.5, 0.6) is 0 Å². The van der Waals surface area contributed by atoms with Gasteiger partial charge >= 0.3 is 0 Å². The Morgan fingerprint density at radius 3 is 2.56 bits per heavy atom. The molecule has 1 aromatic heterocycles. The van der Waals surface area contributed by atoms with Crippen LogP contribution in [-0.4, -0.2) is 10.8 Å². The van der Waals surface area contributed by atoms with Crippen molar-refractivity contribution in [3.63, 3.8) is 0 Å². The summed E-state index contributed by atoms with van der Waals surface area (Å²) < 4.78 is 0. The van der Waals surface area contributed by atoms with Gasteiger partial charge in [0.1, 0.15) is 0 Å². The highest BCUT2D eigenvalue weighted by atomic mass is 16.1. The molecular weight excluding hydrogens is 200 g/mol. The predicted molar refractivity (Wildman–Crippen MR) is 63.3 cm³/mol. The minimum Gasteiger partial charge on any atom is -0.398 e. The minimum absolute atomic E-state index is 0.0661. The highest BCUT2D eigenvalue weighted by Gasteiger charge is 2.11. The molecule has 0 atom stereocenters. The first-order valence-electron chi connectivity index (χ1n) is 4.99. The lowest BCUT2D eigenvalue weighted by Gasteiger charge is -2.05. The third-order valence-electron chi connectivity index (χ3n) is 2.40. The molecule has 1 aromatic carbocycles. The molecule has 2 rings (SSSR count). The molecule has 0 bridgehead atoms. The van der Waals surface area contributed by atoms with Crippen molar-refractivity contribution in [2.45, 2.75) is 6.92 Å². The smallest absolute Gasteiger partial charge is 0.195 e. The van der Waals surface area contributed by atoms with Gasteiger partial charge in [-0.2, -0.15) is 0 Å². The number of hydrogen-bond acceptors (Lipinski definition) is 3. The number of aryl methyl sites for hydroxylation is 1. The van der Waals surface area contributed by atoms with Gasteiger partial charge in [-0.3, -0.25) is 9.78 Å². The molecular formula is C13H12N2O. The lowest BCUT2D eigenvalue weighted by molar-refractivity contribution is 0.103. The van der Waals surface area contributed by atoms with E-state index in [1.807, 2.05) is 13.0 Å². The number of ketones is 1. The third kappa shape index (κ3) is 1.93. The van der Waals surface area contributed by atoms with Gasteiger partial charge in [-0.25, -0.2) is 0 Å². The Labute approximate surface area is 93.9 Å². The van der Waals surface area contributed by atoms with Crippen molar-refractivity contribution < 1.29 is 4.79 Å². The van der Waals surface area contributed by atoms with E-state index >= 15 is 0 Å². The van der Waals surface area contributed by atoms with Gasteiger partial charge in [0.25, 0.3) is 0 Å². The first kappa shape index (κ1) is 10.4. The number of nitrogen functional groups attached to an aromatic ring is 1. The summed E-state index contributed by atoms with van der Waals surface area (Å²) in [4.78, 5) is 16.0. The number of nitrogens with two attached hydrogens (primary N) is 1. The minimum atomic E-state index is -0.0661. The molecule has 3 nitrogen and oxygen atoms in total. The maximum absolute atomic E-state index is 12.1. The lowest BCUT2D eigenvalue weighted by atomic mass is 10.0. The summed E-state index contributed by atoms with van der Waals surface area (Å²) in [5.74, 6) is -0.0661. The SMILES string of the molecule is Cc1ccc(N)c(C(=O)c2ccncc2)c1. The van der Waals surface area contributed by atoms with Crippen molar-refractivity contribution in [1.82, 2.24) is 4.98 Å². The molecule has 0 saturated heterocycles. The standard InChI is InChI=1S/C13H12N2O/c1-9-2-3-12(14)11(8-9)13(16)10-4-6-15-7-5-10/h2-8H,14H2,1H3. The molecule has 0 aliphatic carbocycles. The van der Waals surface area contributed by atoms with Gasteiger partial charge in [0.05, 0.1) is 0 Å². The Morgan fingerprint density at radius 2 is 1.88 bits per heavy atom. The first-order chi connectivity index (χ1) is 7.68. The summed E-state index contributed by atoms with van der Waals surface area (Å²) >= 11 is 0. The largest absolute Gasteiger partial charge is 0.398 e. The Kier molecular flexibility index (Phi) is 2.68. The topological polar surface area (TPSA) is 56.0 Å². The molecule has 2 aromatic rings. The summed E-state index contributed by atoms with van der Waals surface area (Å²) in [7, 11) is 0. The van der Waals surface area contributed by atoms with Crippen LogP contribution >= 0.6 is 0 Å². The number of pyridine rings is 1. The van der Waals surface area contributed by atoms with Gasteiger partial charge in [-0.15, -0.1) is 0 Å². The van der Waals surface area contributed by atoms with E-state index in [0.29, 0.717) is 16.8 Å². The monoisotopic (exact) mass is 212 g/mol. The second kappa shape index (κ2) is 4.14. The molecule has 0 amide bonds. The normalized spacial score (nSPS) is 10.1. The fraction of sp³-hybridized carbons (Fsp3) is 0.0769. The van der Waals surface area contributed by atoms with E-state index < -0.39 is 0 Å². The number of carbonyl (C=O) groups is 1. The van der Waals surface area contributed by atoms with E-state index in [-0.39, 0.29) is 5.78 Å². The van der Waals surface area contributed by atoms with E-state index in [0.717, 1.165) is 5.56 Å². The van der Waals surface area contributed by atoms with Gasteiger partial charge in [0.15, 0.2) is 5.78 Å². The molecule has 3 heteroatoms. The van der Waals surface area contributed by atoms with Gasteiger partial charge in [-0.1, -0.05) is 11.6 Å². The molecule has 0 fully saturated rings. The highest BCUT2D eigenvalue weighted by Crippen LogP contribution is 2.17. The molecule has 0 radical (unpaired) electrons. The Bertz CT molecular complexity index is 521. The summed E-state index contributed by atoms with van der Waals surface area (Å²) in [5, 5.41) is 0. The molecule has 0 aliphatic heterocycles. The first-order valence-corrected chi connectivity index (χ1v) is 4.99. The van der Waals surface area contributed by atoms with Crippen molar-refractivity contribution in [1.29, 1.82) is 0 Å². The van der Waals surface area contributed by atoms with Crippen molar-refractivity contribution in [3.8, 4) is 0 Å². The van der Waals surface area contributed by atoms with E-state index in [1.165, 1.54) is 0 Å². The predicted octanol–water partition coefficient (Wildman–Crippen LogP) is 2.20. The maximum Gasteiger partial charge on any atom is 0.195 e. The summed E-state index contributed by atoms with van der Waals surface area (Å²) in [6, 6.07) is 8.81. The zero-order valence-electron chi connectivity index (χ0n) is 8.97. The summed E-state index contributed by atoms with van der Waals surface area (Å²) in [6.45, 7) is 1.93. The van der Waals surface area contributed by atoms with Crippen LogP contribution in [0.15, 0.2) is 42.7 Å². The number of carbonyl (C=O) groups excluding carboxylic acids is 1. The molecule has 0 aliphatic rings. The molecule has 2 N–H and O–H groups in total. The van der Waals surface area contributed by atoms with Crippen LogP contribution < -0.4 is 5.73 Å². The molecule has 1 heterocycles. The van der Waals surface area contributed by atoms with E-state index in [4.69, 9.17) is 5.73 Å². The van der Waals surface area contributed by atoms with Crippen LogP contribution in [0.4, 0.5) is 5.69 Å². The third-order valence-corrected chi connectivity index (χ3v) is 2.40. The second-order valence-corrected chi connectivity index (χ2v) is 3.66. The lowest BCUT2D eigenvalue weighted by Crippen LogP contribution is -2.05. The maximum atomic E-state index is 12.1. The van der Waals surface area contributed by atoms with E-state index in [9.17, 15) is 4.79 Å². The zero-order chi connectivity index (χ0) is 11.5. The summed E-state index contributed by atoms with van der Waals surface area (Å²) in [6.07, 6.45) is 3.19. The molecule has 0 spiro atoms. The Morgan fingerprint density at radius 1 is 1.19 bits per heavy atom. The van der Waals surface area contributed by atoms with Crippen molar-refractivity contribution in [2.75, 3.05) is 5.73 Å². The molecule has 80 valence electrons. The zero-order valence-corrected chi connectivity index (χ0v) is 8.97. The number of rotatable bonds is 2. The van der Waals surface area contributed by atoms with Crippen LogP contribution in [0.1, 0.15) is 21.5 Å². The number of benzene rings is 1. The number of hydrogen-bond donors (Lipinski definition) is 1. The fourth-order valence-corrected chi connectivity index (χ4v) is 1.53. The Hall–Kier alpha value is -2.16. The molecule has 16 heavy (non-hydrogen) atoms. The van der Waals surface area contributed by atoms with Crippen molar-refractivity contribution >= 4 is 11.5 Å². The van der Waals surface area contributed by atoms with E-state index in [1.54, 1.807) is 36.7 Å². The quantitative estimate of drug-likeness (QED) is 0.613. The van der Waals surface area contributed by atoms with Gasteiger partial charge in [-0.05, 0) is 31.2 Å². The Balaban J connectivity index is 2.46. The van der Waals surface area contributed by atoms with Gasteiger partial charge in [0.2, 0.25) is 0 Å². The fourth-order valence-electron chi connectivity index (χ4n) is 1.53. The van der Waals surface area contributed by atoms with Crippen LogP contribution in [-0.2, 0) is 0 Å². The van der Waals surface area contributed by atoms with Crippen molar-refractivity contribution in [3.05, 3.63) is 59.4 Å². The van der Waals surface area contributed by atoms with Crippen LogP contribution in [0.2, 0.25) is 0 Å². The average Bonchev–Trinajstić information content (AvgIpc) is 2.32. The van der Waals surface area contributed by atoms with Crippen LogP contribution in [0.25, 0.3) is 0 Å². The van der Waals surface area contributed by atoms with E-state index in [2.05, 4.69) is 4.98 Å². The average molecular weight is 212 g/mol. The number of aromatic nitrogens is 1. The molecule has 0 unspecified atom stereocenters. The summed E-state index contributed by atoms with van der Waals surface area (Å²) in [5.41, 5.74) is 8.47. The molecule has 0 saturated carbocycles. The number of nitrogens with zero attached hydrogens (tertiary/aromatic N) is 1. The second-order valence-electron chi connectivity index (χ2n) is 3.66. The van der Waals surface area contributed by atoms with Crippen LogP contribution in [0.3, 0.4) is 0 Å².